The molecule has 0 spiro atoms. The summed E-state index contributed by atoms with van der Waals surface area (Å²) in [7, 11) is 1.70. The second kappa shape index (κ2) is 6.18. The number of fused-ring (bicyclic) bond motifs is 1. The van der Waals surface area contributed by atoms with Gasteiger partial charge in [-0.3, -0.25) is 4.57 Å². The molecule has 0 bridgehead atoms. The van der Waals surface area contributed by atoms with Crippen LogP contribution < -0.4 is 0 Å². The van der Waals surface area contributed by atoms with Crippen LogP contribution >= 0.6 is 27.5 Å². The summed E-state index contributed by atoms with van der Waals surface area (Å²) < 4.78 is 8.31. The van der Waals surface area contributed by atoms with E-state index >= 15 is 0 Å². The average Bonchev–Trinajstić information content (AvgIpc) is 2.85. The fraction of sp³-hybridized carbons (Fsp3) is 0.188. The topological polar surface area (TPSA) is 27.1 Å². The molecular weight excluding hydrogens is 352 g/mol. The highest BCUT2D eigenvalue weighted by Gasteiger charge is 2.12. The molecule has 0 amide bonds. The van der Waals surface area contributed by atoms with Crippen molar-refractivity contribution in [3.63, 3.8) is 0 Å². The minimum Gasteiger partial charge on any atom is -0.380 e. The van der Waals surface area contributed by atoms with Gasteiger partial charge in [0.15, 0.2) is 0 Å². The van der Waals surface area contributed by atoms with Gasteiger partial charge in [0.25, 0.3) is 0 Å². The van der Waals surface area contributed by atoms with Crippen molar-refractivity contribution in [3.8, 4) is 5.69 Å². The Bertz CT molecular complexity index is 785. The molecule has 1 heterocycles. The highest BCUT2D eigenvalue weighted by Crippen LogP contribution is 2.26. The molecule has 21 heavy (non-hydrogen) atoms. The Morgan fingerprint density at radius 2 is 2.10 bits per heavy atom. The van der Waals surface area contributed by atoms with Crippen LogP contribution in [0.25, 0.3) is 16.7 Å². The van der Waals surface area contributed by atoms with E-state index in [0.29, 0.717) is 12.5 Å². The molecule has 3 aromatic rings. The van der Waals surface area contributed by atoms with Crippen LogP contribution in [0, 0.1) is 0 Å². The number of methoxy groups -OCH3 is 1. The zero-order valence-electron chi connectivity index (χ0n) is 11.5. The molecule has 0 fully saturated rings. The first-order chi connectivity index (χ1) is 10.2. The molecule has 0 unspecified atom stereocenters. The third kappa shape index (κ3) is 2.84. The largest absolute Gasteiger partial charge is 0.380 e. The lowest BCUT2D eigenvalue weighted by atomic mass is 10.2. The van der Waals surface area contributed by atoms with Crippen molar-refractivity contribution in [2.75, 3.05) is 7.11 Å². The van der Waals surface area contributed by atoms with Gasteiger partial charge in [-0.05, 0) is 35.9 Å². The van der Waals surface area contributed by atoms with Gasteiger partial charge in [0.05, 0.1) is 23.5 Å². The summed E-state index contributed by atoms with van der Waals surface area (Å²) in [5, 5.41) is 0. The van der Waals surface area contributed by atoms with E-state index in [2.05, 4.69) is 43.7 Å². The summed E-state index contributed by atoms with van der Waals surface area (Å²) in [5.41, 5.74) is 4.13. The number of nitrogens with zero attached hydrogens (tertiary/aromatic N) is 2. The average molecular weight is 366 g/mol. The summed E-state index contributed by atoms with van der Waals surface area (Å²) in [6.45, 7) is 0.584. The van der Waals surface area contributed by atoms with Crippen LogP contribution in [-0.2, 0) is 17.2 Å². The second-order valence-corrected chi connectivity index (χ2v) is 5.92. The Labute approximate surface area is 136 Å². The third-order valence-electron chi connectivity index (χ3n) is 3.29. The molecule has 5 heteroatoms. The highest BCUT2D eigenvalue weighted by atomic mass is 79.9. The first kappa shape index (κ1) is 14.6. The van der Waals surface area contributed by atoms with Gasteiger partial charge in [0.2, 0.25) is 0 Å². The number of benzene rings is 2. The molecule has 108 valence electrons. The summed E-state index contributed by atoms with van der Waals surface area (Å²) in [5.74, 6) is 1.19. The minimum absolute atomic E-state index is 0.362. The zero-order valence-corrected chi connectivity index (χ0v) is 13.9. The van der Waals surface area contributed by atoms with Gasteiger partial charge in [-0.15, -0.1) is 11.6 Å². The summed E-state index contributed by atoms with van der Waals surface area (Å²) in [6, 6.07) is 14.2. The maximum Gasteiger partial charge on any atom is 0.129 e. The van der Waals surface area contributed by atoms with Crippen LogP contribution in [-0.4, -0.2) is 16.7 Å². The van der Waals surface area contributed by atoms with Crippen LogP contribution in [0.15, 0.2) is 46.9 Å². The molecule has 0 aliphatic heterocycles. The number of halogens is 2. The Morgan fingerprint density at radius 1 is 1.24 bits per heavy atom. The van der Waals surface area contributed by atoms with Crippen LogP contribution in [0.1, 0.15) is 11.4 Å². The molecule has 0 saturated heterocycles. The Balaban J connectivity index is 2.22. The number of hydrogen-bond donors (Lipinski definition) is 0. The van der Waals surface area contributed by atoms with E-state index in [1.165, 1.54) is 0 Å². The van der Waals surface area contributed by atoms with Gasteiger partial charge in [0.1, 0.15) is 5.82 Å². The molecule has 0 saturated carbocycles. The molecule has 0 aliphatic carbocycles. The minimum atomic E-state index is 0.362. The summed E-state index contributed by atoms with van der Waals surface area (Å²) in [6.07, 6.45) is 0. The van der Waals surface area contributed by atoms with Crippen molar-refractivity contribution in [2.45, 2.75) is 12.5 Å². The van der Waals surface area contributed by atoms with Gasteiger partial charge in [-0.2, -0.15) is 0 Å². The molecule has 2 aromatic carbocycles. The predicted octanol–water partition coefficient (Wildman–Crippen LogP) is 4.67. The maximum absolute atomic E-state index is 6.07. The van der Waals surface area contributed by atoms with Crippen LogP contribution in [0.4, 0.5) is 0 Å². The molecule has 0 N–H and O–H groups in total. The number of hydrogen-bond acceptors (Lipinski definition) is 2. The summed E-state index contributed by atoms with van der Waals surface area (Å²) >= 11 is 9.59. The molecule has 0 radical (unpaired) electrons. The predicted molar refractivity (Wildman–Crippen MR) is 89.0 cm³/mol. The van der Waals surface area contributed by atoms with E-state index in [-0.39, 0.29) is 0 Å². The smallest absolute Gasteiger partial charge is 0.129 e. The van der Waals surface area contributed by atoms with E-state index in [4.69, 9.17) is 16.3 Å². The molecule has 3 rings (SSSR count). The lowest BCUT2D eigenvalue weighted by Crippen LogP contribution is -2.00. The molecule has 0 aliphatic rings. The van der Waals surface area contributed by atoms with Crippen molar-refractivity contribution < 1.29 is 4.74 Å². The van der Waals surface area contributed by atoms with Crippen molar-refractivity contribution in [3.05, 3.63) is 58.3 Å². The number of alkyl halides is 1. The lowest BCUT2D eigenvalue weighted by molar-refractivity contribution is 0.185. The fourth-order valence-electron chi connectivity index (χ4n) is 2.43. The second-order valence-electron chi connectivity index (χ2n) is 4.73. The number of aromatic nitrogens is 2. The van der Waals surface area contributed by atoms with E-state index in [0.717, 1.165) is 32.6 Å². The first-order valence-electron chi connectivity index (χ1n) is 6.54. The quantitative estimate of drug-likeness (QED) is 0.628. The Hall–Kier alpha value is -1.36. The standard InChI is InChI=1S/C16H14BrClN2O/c1-21-10-11-3-2-4-13(7-11)20-15-8-12(17)5-6-14(15)19-16(20)9-18/h2-8H,9-10H2,1H3. The monoisotopic (exact) mass is 364 g/mol. The van der Waals surface area contributed by atoms with Gasteiger partial charge in [0, 0.05) is 17.3 Å². The summed E-state index contributed by atoms with van der Waals surface area (Å²) in [4.78, 5) is 4.60. The fourth-order valence-corrected chi connectivity index (χ4v) is 2.96. The van der Waals surface area contributed by atoms with Crippen LogP contribution in [0.5, 0.6) is 0 Å². The van der Waals surface area contributed by atoms with Crippen LogP contribution in [0.2, 0.25) is 0 Å². The van der Waals surface area contributed by atoms with E-state index in [9.17, 15) is 0 Å². The van der Waals surface area contributed by atoms with E-state index in [1.807, 2.05) is 24.3 Å². The third-order valence-corrected chi connectivity index (χ3v) is 4.02. The molecular formula is C16H14BrClN2O. The molecule has 1 aromatic heterocycles. The van der Waals surface area contributed by atoms with Crippen molar-refractivity contribution >= 4 is 38.6 Å². The first-order valence-corrected chi connectivity index (χ1v) is 7.87. The van der Waals surface area contributed by atoms with Gasteiger partial charge >= 0.3 is 0 Å². The number of ether oxygens (including phenoxy) is 1. The lowest BCUT2D eigenvalue weighted by Gasteiger charge is -2.10. The highest BCUT2D eigenvalue weighted by molar-refractivity contribution is 9.10. The van der Waals surface area contributed by atoms with Crippen molar-refractivity contribution in [2.24, 2.45) is 0 Å². The van der Waals surface area contributed by atoms with E-state index in [1.54, 1.807) is 7.11 Å². The van der Waals surface area contributed by atoms with Gasteiger partial charge in [-0.1, -0.05) is 28.1 Å². The SMILES string of the molecule is COCc1cccc(-n2c(CCl)nc3ccc(Br)cc32)c1. The van der Waals surface area contributed by atoms with Gasteiger partial charge in [-0.25, -0.2) is 4.98 Å². The zero-order chi connectivity index (χ0) is 14.8. The number of rotatable bonds is 4. The Kier molecular flexibility index (Phi) is 4.29. The molecule has 3 nitrogen and oxygen atoms in total. The van der Waals surface area contributed by atoms with Gasteiger partial charge < -0.3 is 4.74 Å². The molecule has 0 atom stereocenters. The van der Waals surface area contributed by atoms with Crippen molar-refractivity contribution in [1.82, 2.24) is 9.55 Å². The van der Waals surface area contributed by atoms with Crippen LogP contribution in [0.3, 0.4) is 0 Å². The van der Waals surface area contributed by atoms with E-state index < -0.39 is 0 Å². The maximum atomic E-state index is 6.07. The number of imidazole rings is 1. The van der Waals surface area contributed by atoms with Crippen molar-refractivity contribution in [1.29, 1.82) is 0 Å². The Morgan fingerprint density at radius 3 is 2.86 bits per heavy atom. The normalized spacial score (nSPS) is 11.2.